The third-order valence-corrected chi connectivity index (χ3v) is 5.69. The second kappa shape index (κ2) is 8.01. The number of amides is 2. The molecule has 1 atom stereocenters. The summed E-state index contributed by atoms with van der Waals surface area (Å²) < 4.78 is 0. The van der Waals surface area contributed by atoms with Gasteiger partial charge in [0, 0.05) is 25.2 Å². The Balaban J connectivity index is 1.71. The number of hydrogen-bond acceptors (Lipinski definition) is 4. The number of benzene rings is 1. The van der Waals surface area contributed by atoms with Crippen molar-refractivity contribution in [3.8, 4) is 0 Å². The normalized spacial score (nSPS) is 16.7. The Kier molecular flexibility index (Phi) is 5.74. The lowest BCUT2D eigenvalue weighted by Gasteiger charge is -2.23. The van der Waals surface area contributed by atoms with Gasteiger partial charge in [0.15, 0.2) is 0 Å². The number of thiophene rings is 1. The van der Waals surface area contributed by atoms with E-state index in [2.05, 4.69) is 24.5 Å². The van der Waals surface area contributed by atoms with Crippen LogP contribution in [0.5, 0.6) is 0 Å². The van der Waals surface area contributed by atoms with Gasteiger partial charge < -0.3 is 15.5 Å². The third kappa shape index (κ3) is 3.97. The average Bonchev–Trinajstić information content (AvgIpc) is 3.32. The van der Waals surface area contributed by atoms with Crippen molar-refractivity contribution in [2.24, 2.45) is 0 Å². The van der Waals surface area contributed by atoms with E-state index in [0.29, 0.717) is 22.0 Å². The van der Waals surface area contributed by atoms with E-state index >= 15 is 0 Å². The molecule has 2 aromatic rings. The van der Waals surface area contributed by atoms with Crippen molar-refractivity contribution >= 4 is 28.2 Å². The molecule has 0 spiro atoms. The summed E-state index contributed by atoms with van der Waals surface area (Å²) >= 11 is 1.37. The lowest BCUT2D eigenvalue weighted by molar-refractivity contribution is 0.0745. The molecule has 6 heteroatoms. The Hall–Kier alpha value is -2.18. The van der Waals surface area contributed by atoms with E-state index < -0.39 is 0 Å². The number of nitrogens with one attached hydrogen (secondary N) is 2. The molecule has 138 valence electrons. The molecule has 1 aromatic carbocycles. The van der Waals surface area contributed by atoms with Gasteiger partial charge >= 0.3 is 0 Å². The van der Waals surface area contributed by atoms with E-state index in [0.717, 1.165) is 19.5 Å². The molecular formula is C20H25N3O2S. The fraction of sp³-hybridized carbons (Fsp3) is 0.400. The molecule has 1 aliphatic rings. The van der Waals surface area contributed by atoms with Gasteiger partial charge in [-0.05, 0) is 48.0 Å². The first-order chi connectivity index (χ1) is 12.5. The summed E-state index contributed by atoms with van der Waals surface area (Å²) in [7, 11) is 1.83. The highest BCUT2D eigenvalue weighted by atomic mass is 32.1. The van der Waals surface area contributed by atoms with E-state index in [1.807, 2.05) is 36.7 Å². The fourth-order valence-corrected chi connectivity index (χ4v) is 3.87. The first kappa shape index (κ1) is 18.6. The molecule has 0 bridgehead atoms. The van der Waals surface area contributed by atoms with Crippen LogP contribution in [0.15, 0.2) is 35.7 Å². The zero-order chi connectivity index (χ0) is 18.7. The Morgan fingerprint density at radius 3 is 2.58 bits per heavy atom. The molecule has 2 N–H and O–H groups in total. The first-order valence-electron chi connectivity index (χ1n) is 8.94. The lowest BCUT2D eigenvalue weighted by Crippen LogP contribution is -2.38. The zero-order valence-electron chi connectivity index (χ0n) is 15.4. The summed E-state index contributed by atoms with van der Waals surface area (Å²) in [5.74, 6) is 0.182. The summed E-state index contributed by atoms with van der Waals surface area (Å²) in [6.07, 6.45) is 0.955. The van der Waals surface area contributed by atoms with Crippen LogP contribution in [-0.4, -0.2) is 42.9 Å². The van der Waals surface area contributed by atoms with Crippen LogP contribution in [0.1, 0.15) is 52.5 Å². The standard InChI is InChI=1S/C20H25N3O2S/c1-13(2)14-4-6-15(7-5-14)18(24)22-19-17(9-11-26-19)20(25)23(3)16-8-10-21-12-16/h4-7,9,11,13,16,21H,8,10,12H2,1-3H3,(H,22,24). The number of carbonyl (C=O) groups excluding carboxylic acids is 2. The van der Waals surface area contributed by atoms with Crippen LogP contribution in [0.4, 0.5) is 5.00 Å². The molecule has 0 radical (unpaired) electrons. The van der Waals surface area contributed by atoms with Crippen molar-refractivity contribution in [2.75, 3.05) is 25.5 Å². The number of carbonyl (C=O) groups is 2. The minimum atomic E-state index is -0.193. The van der Waals surface area contributed by atoms with Crippen LogP contribution in [-0.2, 0) is 0 Å². The van der Waals surface area contributed by atoms with Crippen LogP contribution in [0, 0.1) is 0 Å². The largest absolute Gasteiger partial charge is 0.337 e. The van der Waals surface area contributed by atoms with Crippen molar-refractivity contribution in [1.29, 1.82) is 0 Å². The minimum absolute atomic E-state index is 0.0506. The van der Waals surface area contributed by atoms with Crippen molar-refractivity contribution in [3.63, 3.8) is 0 Å². The van der Waals surface area contributed by atoms with E-state index in [9.17, 15) is 9.59 Å². The smallest absolute Gasteiger partial charge is 0.256 e. The topological polar surface area (TPSA) is 61.4 Å². The molecule has 5 nitrogen and oxygen atoms in total. The minimum Gasteiger partial charge on any atom is -0.337 e. The maximum atomic E-state index is 12.8. The number of nitrogens with zero attached hydrogens (tertiary/aromatic N) is 1. The third-order valence-electron chi connectivity index (χ3n) is 4.86. The quantitative estimate of drug-likeness (QED) is 0.845. The van der Waals surface area contributed by atoms with E-state index in [1.165, 1.54) is 16.9 Å². The fourth-order valence-electron chi connectivity index (χ4n) is 3.09. The summed E-state index contributed by atoms with van der Waals surface area (Å²) in [6, 6.07) is 9.59. The molecule has 0 saturated carbocycles. The molecule has 1 unspecified atom stereocenters. The first-order valence-corrected chi connectivity index (χ1v) is 9.82. The van der Waals surface area contributed by atoms with Crippen LogP contribution in [0.3, 0.4) is 0 Å². The summed E-state index contributed by atoms with van der Waals surface area (Å²) in [6.45, 7) is 5.99. The number of likely N-dealkylation sites (N-methyl/N-ethyl adjacent to an activating group) is 1. The summed E-state index contributed by atoms with van der Waals surface area (Å²) in [5.41, 5.74) is 2.34. The molecule has 2 heterocycles. The molecule has 3 rings (SSSR count). The Bertz CT molecular complexity index is 777. The van der Waals surface area contributed by atoms with E-state index in [-0.39, 0.29) is 17.9 Å². The predicted molar refractivity (Wildman–Crippen MR) is 106 cm³/mol. The number of hydrogen-bond donors (Lipinski definition) is 2. The SMILES string of the molecule is CC(C)c1ccc(C(=O)Nc2sccc2C(=O)N(C)C2CCNC2)cc1. The highest BCUT2D eigenvalue weighted by Crippen LogP contribution is 2.26. The number of anilines is 1. The van der Waals surface area contributed by atoms with Gasteiger partial charge in [-0.1, -0.05) is 26.0 Å². The van der Waals surface area contributed by atoms with Crippen molar-refractivity contribution in [3.05, 3.63) is 52.4 Å². The Morgan fingerprint density at radius 2 is 1.96 bits per heavy atom. The van der Waals surface area contributed by atoms with Gasteiger partial charge in [0.05, 0.1) is 5.56 Å². The van der Waals surface area contributed by atoms with Gasteiger partial charge in [-0.15, -0.1) is 11.3 Å². The average molecular weight is 372 g/mol. The highest BCUT2D eigenvalue weighted by molar-refractivity contribution is 7.14. The predicted octanol–water partition coefficient (Wildman–Crippen LogP) is 3.56. The van der Waals surface area contributed by atoms with Gasteiger partial charge in [0.25, 0.3) is 11.8 Å². The van der Waals surface area contributed by atoms with Gasteiger partial charge in [-0.3, -0.25) is 9.59 Å². The van der Waals surface area contributed by atoms with Crippen LogP contribution in [0.2, 0.25) is 0 Å². The van der Waals surface area contributed by atoms with Crippen LogP contribution >= 0.6 is 11.3 Å². The second-order valence-electron chi connectivity index (χ2n) is 6.96. The molecule has 1 aliphatic heterocycles. The second-order valence-corrected chi connectivity index (χ2v) is 7.87. The van der Waals surface area contributed by atoms with Crippen molar-refractivity contribution in [2.45, 2.75) is 32.2 Å². The molecule has 1 saturated heterocycles. The van der Waals surface area contributed by atoms with Crippen LogP contribution < -0.4 is 10.6 Å². The monoisotopic (exact) mass is 371 g/mol. The van der Waals surface area contributed by atoms with Gasteiger partial charge in [0.2, 0.25) is 0 Å². The zero-order valence-corrected chi connectivity index (χ0v) is 16.2. The highest BCUT2D eigenvalue weighted by Gasteiger charge is 2.26. The van der Waals surface area contributed by atoms with Crippen LogP contribution in [0.25, 0.3) is 0 Å². The Labute approximate surface area is 158 Å². The maximum absolute atomic E-state index is 12.8. The number of rotatable bonds is 5. The molecule has 1 aromatic heterocycles. The molecule has 26 heavy (non-hydrogen) atoms. The Morgan fingerprint density at radius 1 is 1.23 bits per heavy atom. The van der Waals surface area contributed by atoms with E-state index in [4.69, 9.17) is 0 Å². The van der Waals surface area contributed by atoms with Gasteiger partial charge in [0.1, 0.15) is 5.00 Å². The molecule has 1 fully saturated rings. The maximum Gasteiger partial charge on any atom is 0.256 e. The van der Waals surface area contributed by atoms with Gasteiger partial charge in [-0.2, -0.15) is 0 Å². The lowest BCUT2D eigenvalue weighted by atomic mass is 10.0. The van der Waals surface area contributed by atoms with E-state index in [1.54, 1.807) is 11.0 Å². The molecule has 2 amide bonds. The summed E-state index contributed by atoms with van der Waals surface area (Å²) in [4.78, 5) is 27.1. The van der Waals surface area contributed by atoms with Crippen molar-refractivity contribution in [1.82, 2.24) is 10.2 Å². The van der Waals surface area contributed by atoms with Crippen molar-refractivity contribution < 1.29 is 9.59 Å². The van der Waals surface area contributed by atoms with Gasteiger partial charge in [-0.25, -0.2) is 0 Å². The molecule has 0 aliphatic carbocycles. The molecular weight excluding hydrogens is 346 g/mol. The summed E-state index contributed by atoms with van der Waals surface area (Å²) in [5, 5.41) is 8.61.